The van der Waals surface area contributed by atoms with Gasteiger partial charge >= 0.3 is 0 Å². The lowest BCUT2D eigenvalue weighted by Gasteiger charge is -2.23. The molecular weight excluding hydrogens is 256 g/mol. The average Bonchev–Trinajstić information content (AvgIpc) is 2.49. The van der Waals surface area contributed by atoms with Gasteiger partial charge in [-0.1, -0.05) is 36.5 Å². The first-order valence-electron chi connectivity index (χ1n) is 6.25. The van der Waals surface area contributed by atoms with Crippen molar-refractivity contribution in [2.24, 2.45) is 11.7 Å². The Labute approximate surface area is 119 Å². The van der Waals surface area contributed by atoms with Crippen molar-refractivity contribution < 1.29 is 4.79 Å². The van der Waals surface area contributed by atoms with Crippen LogP contribution in [0.3, 0.4) is 0 Å². The van der Waals surface area contributed by atoms with Crippen LogP contribution in [0.25, 0.3) is 0 Å². The van der Waals surface area contributed by atoms with Crippen LogP contribution in [0.15, 0.2) is 36.2 Å². The maximum Gasteiger partial charge on any atom is 0.166 e. The number of carbonyl (C=O) groups excluding carboxylic acids is 1. The fourth-order valence-corrected chi connectivity index (χ4v) is 2.37. The first kappa shape index (κ1) is 15.4. The molecule has 1 aromatic rings. The molecule has 1 aliphatic rings. The summed E-state index contributed by atoms with van der Waals surface area (Å²) in [6, 6.07) is 7.89. The van der Waals surface area contributed by atoms with Gasteiger partial charge in [0.2, 0.25) is 0 Å². The Balaban J connectivity index is 0.000000861. The fourth-order valence-electron chi connectivity index (χ4n) is 2.37. The minimum Gasteiger partial charge on any atom is -0.403 e. The van der Waals surface area contributed by atoms with E-state index >= 15 is 0 Å². The van der Waals surface area contributed by atoms with Crippen molar-refractivity contribution in [1.82, 2.24) is 5.32 Å². The van der Waals surface area contributed by atoms with Crippen LogP contribution in [-0.2, 0) is 6.42 Å². The molecule has 4 heteroatoms. The molecule has 0 aliphatic heterocycles. The van der Waals surface area contributed by atoms with E-state index in [0.717, 1.165) is 24.1 Å². The molecule has 0 saturated carbocycles. The molecular formula is C15H20N2OS. The van der Waals surface area contributed by atoms with Crippen molar-refractivity contribution >= 4 is 23.9 Å². The van der Waals surface area contributed by atoms with E-state index in [4.69, 9.17) is 5.73 Å². The zero-order valence-electron chi connectivity index (χ0n) is 11.2. The zero-order chi connectivity index (χ0) is 14.3. The number of ketones is 1. The molecule has 19 heavy (non-hydrogen) atoms. The lowest BCUT2D eigenvalue weighted by molar-refractivity contribution is 0.0900. The van der Waals surface area contributed by atoms with Crippen LogP contribution in [0.4, 0.5) is 0 Å². The van der Waals surface area contributed by atoms with E-state index in [2.05, 4.69) is 23.4 Å². The quantitative estimate of drug-likeness (QED) is 0.833. The van der Waals surface area contributed by atoms with Gasteiger partial charge in [-0.15, -0.1) is 0 Å². The maximum atomic E-state index is 12.3. The number of thiocarbonyl (C=S) groups is 1. The standard InChI is InChI=1S/C14H18N2O.CH2S/c1-16-12(9-15)8-11-7-6-10-4-2-3-5-13(10)14(11)17;1-2/h2-5,9,11,16H,6-8,15H2,1H3;1H2/b12-9-;. The van der Waals surface area contributed by atoms with Crippen molar-refractivity contribution in [1.29, 1.82) is 0 Å². The summed E-state index contributed by atoms with van der Waals surface area (Å²) in [4.78, 5) is 12.3. The second-order valence-electron chi connectivity index (χ2n) is 4.40. The van der Waals surface area contributed by atoms with Gasteiger partial charge in [-0.05, 0) is 30.7 Å². The van der Waals surface area contributed by atoms with Crippen LogP contribution in [-0.4, -0.2) is 18.7 Å². The minimum atomic E-state index is 0.0622. The normalized spacial score (nSPS) is 18.1. The van der Waals surface area contributed by atoms with E-state index in [1.165, 1.54) is 5.56 Å². The number of hydrogen-bond donors (Lipinski definition) is 2. The minimum absolute atomic E-state index is 0.0622. The summed E-state index contributed by atoms with van der Waals surface area (Å²) < 4.78 is 0. The Hall–Kier alpha value is -1.68. The number of nitrogens with one attached hydrogen (secondary N) is 1. The second kappa shape index (κ2) is 7.69. The van der Waals surface area contributed by atoms with Gasteiger partial charge < -0.3 is 11.1 Å². The van der Waals surface area contributed by atoms with Gasteiger partial charge in [-0.2, -0.15) is 0 Å². The molecule has 1 aromatic carbocycles. The number of nitrogens with two attached hydrogens (primary N) is 1. The lowest BCUT2D eigenvalue weighted by atomic mass is 9.80. The summed E-state index contributed by atoms with van der Waals surface area (Å²) in [5.41, 5.74) is 8.50. The summed E-state index contributed by atoms with van der Waals surface area (Å²) in [6.45, 7) is 0. The number of allylic oxidation sites excluding steroid dienone is 1. The number of fused-ring (bicyclic) bond motifs is 1. The summed E-state index contributed by atoms with van der Waals surface area (Å²) in [5.74, 6) is 3.15. The van der Waals surface area contributed by atoms with E-state index < -0.39 is 0 Å². The van der Waals surface area contributed by atoms with E-state index in [1.54, 1.807) is 6.20 Å². The van der Waals surface area contributed by atoms with Crippen LogP contribution in [0.5, 0.6) is 0 Å². The molecule has 102 valence electrons. The number of rotatable bonds is 3. The van der Waals surface area contributed by atoms with Crippen molar-refractivity contribution in [3.8, 4) is 0 Å². The van der Waals surface area contributed by atoms with Gasteiger partial charge in [-0.25, -0.2) is 0 Å². The average molecular weight is 276 g/mol. The van der Waals surface area contributed by atoms with E-state index in [1.807, 2.05) is 31.3 Å². The molecule has 2 rings (SSSR count). The van der Waals surface area contributed by atoms with Crippen molar-refractivity contribution in [3.63, 3.8) is 0 Å². The van der Waals surface area contributed by atoms with Gasteiger partial charge in [-0.3, -0.25) is 4.79 Å². The molecule has 0 radical (unpaired) electrons. The molecule has 0 spiro atoms. The van der Waals surface area contributed by atoms with Crippen LogP contribution in [0.2, 0.25) is 0 Å². The van der Waals surface area contributed by atoms with E-state index in [0.29, 0.717) is 6.42 Å². The van der Waals surface area contributed by atoms with E-state index in [-0.39, 0.29) is 11.7 Å². The third kappa shape index (κ3) is 3.64. The topological polar surface area (TPSA) is 55.1 Å². The molecule has 3 nitrogen and oxygen atoms in total. The third-order valence-corrected chi connectivity index (χ3v) is 3.40. The monoisotopic (exact) mass is 276 g/mol. The molecule has 0 amide bonds. The Morgan fingerprint density at radius 3 is 2.84 bits per heavy atom. The van der Waals surface area contributed by atoms with Gasteiger partial charge in [0.05, 0.1) is 0 Å². The molecule has 3 N–H and O–H groups in total. The largest absolute Gasteiger partial charge is 0.403 e. The maximum absolute atomic E-state index is 12.3. The van der Waals surface area contributed by atoms with Gasteiger partial charge in [0.25, 0.3) is 0 Å². The first-order chi connectivity index (χ1) is 9.26. The Kier molecular flexibility index (Phi) is 6.22. The van der Waals surface area contributed by atoms with Gasteiger partial charge in [0.15, 0.2) is 5.78 Å². The van der Waals surface area contributed by atoms with E-state index in [9.17, 15) is 4.79 Å². The highest BCUT2D eigenvalue weighted by molar-refractivity contribution is 7.77. The van der Waals surface area contributed by atoms with Crippen LogP contribution in [0, 0.1) is 5.92 Å². The smallest absolute Gasteiger partial charge is 0.166 e. The SMILES string of the molecule is C=S.CN/C(=C\N)CC1CCc2ccccc2C1=O. The molecule has 0 fully saturated rings. The fraction of sp³-hybridized carbons (Fsp3) is 0.333. The summed E-state index contributed by atoms with van der Waals surface area (Å²) in [6.07, 6.45) is 4.15. The molecule has 0 bridgehead atoms. The molecule has 0 aromatic heterocycles. The Morgan fingerprint density at radius 2 is 2.21 bits per heavy atom. The number of benzene rings is 1. The van der Waals surface area contributed by atoms with Crippen molar-refractivity contribution in [2.45, 2.75) is 19.3 Å². The van der Waals surface area contributed by atoms with Crippen molar-refractivity contribution in [3.05, 3.63) is 47.3 Å². The molecule has 1 atom stereocenters. The number of hydrogen-bond acceptors (Lipinski definition) is 4. The molecule has 0 heterocycles. The highest BCUT2D eigenvalue weighted by Gasteiger charge is 2.27. The predicted molar refractivity (Wildman–Crippen MR) is 83.2 cm³/mol. The van der Waals surface area contributed by atoms with Gasteiger partial charge in [0, 0.05) is 30.4 Å². The predicted octanol–water partition coefficient (Wildman–Crippen LogP) is 2.46. The third-order valence-electron chi connectivity index (χ3n) is 3.40. The second-order valence-corrected chi connectivity index (χ2v) is 4.40. The highest BCUT2D eigenvalue weighted by atomic mass is 32.1. The highest BCUT2D eigenvalue weighted by Crippen LogP contribution is 2.28. The van der Waals surface area contributed by atoms with Gasteiger partial charge in [0.1, 0.15) is 0 Å². The molecule has 0 saturated heterocycles. The Morgan fingerprint density at radius 1 is 1.53 bits per heavy atom. The summed E-state index contributed by atoms with van der Waals surface area (Å²) in [7, 11) is 1.83. The summed E-state index contributed by atoms with van der Waals surface area (Å²) in [5, 5.41) is 3.03. The number of aryl methyl sites for hydroxylation is 1. The zero-order valence-corrected chi connectivity index (χ0v) is 12.0. The lowest BCUT2D eigenvalue weighted by Crippen LogP contribution is -2.25. The van der Waals surface area contributed by atoms with Crippen LogP contribution >= 0.6 is 12.2 Å². The number of Topliss-reactive ketones (excluding diaryl/α,β-unsaturated/α-hetero) is 1. The van der Waals surface area contributed by atoms with Crippen LogP contribution in [0.1, 0.15) is 28.8 Å². The first-order valence-corrected chi connectivity index (χ1v) is 6.83. The van der Waals surface area contributed by atoms with Crippen LogP contribution < -0.4 is 11.1 Å². The van der Waals surface area contributed by atoms with Crippen molar-refractivity contribution in [2.75, 3.05) is 7.05 Å². The number of carbonyl (C=O) groups is 1. The molecule has 1 unspecified atom stereocenters. The molecule has 1 aliphatic carbocycles. The summed E-state index contributed by atoms with van der Waals surface area (Å²) >= 11 is 3.83. The Bertz CT molecular complexity index is 471.